The lowest BCUT2D eigenvalue weighted by Crippen LogP contribution is -2.39. The van der Waals surface area contributed by atoms with Gasteiger partial charge >= 0.3 is 6.18 Å². The van der Waals surface area contributed by atoms with Gasteiger partial charge in [0.05, 0.1) is 11.3 Å². The number of piperidine rings is 1. The number of nitrogens with zero attached hydrogens (tertiary/aromatic N) is 4. The van der Waals surface area contributed by atoms with Crippen molar-refractivity contribution in [1.29, 1.82) is 0 Å². The van der Waals surface area contributed by atoms with E-state index in [0.29, 0.717) is 25.4 Å². The Labute approximate surface area is 210 Å². The number of alkyl halides is 3. The number of rotatable bonds is 8. The number of aromatic nitrogens is 3. The number of benzene rings is 1. The van der Waals surface area contributed by atoms with Crippen LogP contribution in [0.15, 0.2) is 54.9 Å². The quantitative estimate of drug-likeness (QED) is 0.265. The van der Waals surface area contributed by atoms with Crippen molar-refractivity contribution >= 4 is 19.8 Å². The van der Waals surface area contributed by atoms with E-state index in [2.05, 4.69) is 24.6 Å². The molecule has 3 heterocycles. The van der Waals surface area contributed by atoms with Gasteiger partial charge in [-0.15, -0.1) is 0 Å². The van der Waals surface area contributed by atoms with E-state index in [1.54, 1.807) is 22.0 Å². The zero-order valence-corrected chi connectivity index (χ0v) is 21.8. The fourth-order valence-electron chi connectivity index (χ4n) is 4.22. The van der Waals surface area contributed by atoms with Crippen LogP contribution in [-0.2, 0) is 22.4 Å². The molecule has 0 N–H and O–H groups in total. The third-order valence-corrected chi connectivity index (χ3v) is 8.06. The van der Waals surface area contributed by atoms with Crippen LogP contribution in [0.3, 0.4) is 0 Å². The highest BCUT2D eigenvalue weighted by atomic mass is 28.3. The minimum Gasteiger partial charge on any atom is -0.359 e. The van der Waals surface area contributed by atoms with Crippen LogP contribution < -0.4 is 4.90 Å². The molecule has 1 unspecified atom stereocenters. The number of carbonyl (C=O) groups is 1. The highest BCUT2D eigenvalue weighted by Crippen LogP contribution is 2.35. The first-order valence-corrected chi connectivity index (χ1v) is 15.8. The second-order valence-electron chi connectivity index (χ2n) is 10.3. The number of ether oxygens (including phenoxy) is 1. The first kappa shape index (κ1) is 26.1. The number of carbonyl (C=O) groups excluding carboxylic acids is 1. The molecule has 0 spiro atoms. The van der Waals surface area contributed by atoms with Crippen LogP contribution in [0, 0.1) is 0 Å². The summed E-state index contributed by atoms with van der Waals surface area (Å²) in [4.78, 5) is 19.0. The van der Waals surface area contributed by atoms with Gasteiger partial charge in [-0.25, -0.2) is 4.68 Å². The third kappa shape index (κ3) is 6.41. The Bertz CT molecular complexity index is 1170. The molecule has 1 atom stereocenters. The minimum atomic E-state index is -4.38. The Hall–Kier alpha value is -2.98. The predicted molar refractivity (Wildman–Crippen MR) is 135 cm³/mol. The summed E-state index contributed by atoms with van der Waals surface area (Å²) in [6, 6.07) is 11.8. The molecule has 0 saturated carbocycles. The van der Waals surface area contributed by atoms with Gasteiger partial charge in [0.2, 0.25) is 5.91 Å². The molecule has 0 radical (unpaired) electrons. The van der Waals surface area contributed by atoms with Crippen molar-refractivity contribution in [2.24, 2.45) is 0 Å². The Morgan fingerprint density at radius 3 is 2.39 bits per heavy atom. The number of hydrogen-bond donors (Lipinski definition) is 0. The number of hydrogen-bond acceptors (Lipinski definition) is 4. The van der Waals surface area contributed by atoms with E-state index in [1.807, 2.05) is 18.2 Å². The summed E-state index contributed by atoms with van der Waals surface area (Å²) >= 11 is 0. The van der Waals surface area contributed by atoms with E-state index in [9.17, 15) is 18.0 Å². The Morgan fingerprint density at radius 1 is 1.08 bits per heavy atom. The van der Waals surface area contributed by atoms with Gasteiger partial charge in [0.1, 0.15) is 12.5 Å². The molecule has 1 amide bonds. The SMILES string of the molecule is C[Si](C)(C)CCOCn1nc(-c2ccncc2)cc1N1CCC(c2ccc(C(F)(F)F)cc2)CC1=O. The summed E-state index contributed by atoms with van der Waals surface area (Å²) in [6.45, 7) is 8.17. The van der Waals surface area contributed by atoms with Crippen molar-refractivity contribution in [3.63, 3.8) is 0 Å². The maximum Gasteiger partial charge on any atom is 0.416 e. The summed E-state index contributed by atoms with van der Waals surface area (Å²) in [7, 11) is -1.24. The fraction of sp³-hybridized carbons (Fsp3) is 0.423. The number of pyridine rings is 1. The minimum absolute atomic E-state index is 0.0873. The lowest BCUT2D eigenvalue weighted by Gasteiger charge is -2.32. The van der Waals surface area contributed by atoms with Crippen molar-refractivity contribution in [1.82, 2.24) is 14.8 Å². The maximum atomic E-state index is 13.2. The summed E-state index contributed by atoms with van der Waals surface area (Å²) in [6.07, 6.45) is -0.126. The highest BCUT2D eigenvalue weighted by Gasteiger charge is 2.33. The third-order valence-electron chi connectivity index (χ3n) is 6.35. The molecule has 10 heteroatoms. The second-order valence-corrected chi connectivity index (χ2v) is 15.9. The largest absolute Gasteiger partial charge is 0.416 e. The first-order chi connectivity index (χ1) is 17.0. The van der Waals surface area contributed by atoms with Gasteiger partial charge < -0.3 is 4.74 Å². The molecule has 1 saturated heterocycles. The van der Waals surface area contributed by atoms with E-state index in [-0.39, 0.29) is 25.0 Å². The zero-order chi connectivity index (χ0) is 25.9. The van der Waals surface area contributed by atoms with Crippen molar-refractivity contribution < 1.29 is 22.7 Å². The lowest BCUT2D eigenvalue weighted by atomic mass is 9.88. The lowest BCUT2D eigenvalue weighted by molar-refractivity contribution is -0.137. The van der Waals surface area contributed by atoms with Crippen LogP contribution in [0.5, 0.6) is 0 Å². The van der Waals surface area contributed by atoms with E-state index in [0.717, 1.165) is 35.0 Å². The number of anilines is 1. The molecule has 0 bridgehead atoms. The van der Waals surface area contributed by atoms with Crippen LogP contribution >= 0.6 is 0 Å². The van der Waals surface area contributed by atoms with Gasteiger partial charge in [0.15, 0.2) is 0 Å². The average Bonchev–Trinajstić information content (AvgIpc) is 3.25. The van der Waals surface area contributed by atoms with Crippen LogP contribution in [0.25, 0.3) is 11.3 Å². The molecule has 36 heavy (non-hydrogen) atoms. The van der Waals surface area contributed by atoms with E-state index < -0.39 is 19.8 Å². The highest BCUT2D eigenvalue weighted by molar-refractivity contribution is 6.76. The molecule has 192 valence electrons. The molecule has 1 aliphatic heterocycles. The second kappa shape index (κ2) is 10.6. The Kier molecular flexibility index (Phi) is 7.65. The topological polar surface area (TPSA) is 60.2 Å². The zero-order valence-electron chi connectivity index (χ0n) is 20.8. The molecule has 1 aliphatic rings. The summed E-state index contributed by atoms with van der Waals surface area (Å²) in [5.41, 5.74) is 1.67. The Balaban J connectivity index is 1.51. The van der Waals surface area contributed by atoms with Crippen molar-refractivity contribution in [3.05, 3.63) is 66.0 Å². The van der Waals surface area contributed by atoms with Crippen LogP contribution in [0.2, 0.25) is 25.7 Å². The summed E-state index contributed by atoms with van der Waals surface area (Å²) < 4.78 is 46.4. The van der Waals surface area contributed by atoms with Crippen LogP contribution in [0.4, 0.5) is 19.0 Å². The maximum absolute atomic E-state index is 13.2. The van der Waals surface area contributed by atoms with Crippen LogP contribution in [0.1, 0.15) is 29.9 Å². The summed E-state index contributed by atoms with van der Waals surface area (Å²) in [5.74, 6) is 0.446. The summed E-state index contributed by atoms with van der Waals surface area (Å²) in [5, 5.41) is 4.71. The van der Waals surface area contributed by atoms with E-state index >= 15 is 0 Å². The van der Waals surface area contributed by atoms with Crippen molar-refractivity contribution in [2.75, 3.05) is 18.1 Å². The van der Waals surface area contributed by atoms with Gasteiger partial charge in [-0.05, 0) is 48.2 Å². The predicted octanol–water partition coefficient (Wildman–Crippen LogP) is 6.19. The van der Waals surface area contributed by atoms with Gasteiger partial charge in [-0.2, -0.15) is 18.3 Å². The Morgan fingerprint density at radius 2 is 1.78 bits per heavy atom. The normalized spacial score (nSPS) is 17.0. The molecule has 1 fully saturated rings. The smallest absolute Gasteiger partial charge is 0.359 e. The molecular weight excluding hydrogens is 485 g/mol. The van der Waals surface area contributed by atoms with Crippen molar-refractivity contribution in [2.45, 2.75) is 57.4 Å². The number of halogens is 3. The van der Waals surface area contributed by atoms with E-state index in [4.69, 9.17) is 9.84 Å². The molecule has 1 aromatic carbocycles. The van der Waals surface area contributed by atoms with Gasteiger partial charge in [0.25, 0.3) is 0 Å². The molecule has 2 aromatic heterocycles. The van der Waals surface area contributed by atoms with Gasteiger partial charge in [-0.1, -0.05) is 31.8 Å². The standard InChI is InChI=1S/C26H31F3N4O2Si/c1-36(2,3)15-14-35-18-33-24(17-23(31-33)20-8-11-30-12-9-20)32-13-10-21(16-25(32)34)19-4-6-22(7-5-19)26(27,28)29/h4-9,11-12,17,21H,10,13-16,18H2,1-3H3. The molecule has 3 aromatic rings. The molecule has 4 rings (SSSR count). The van der Waals surface area contributed by atoms with Gasteiger partial charge in [0, 0.05) is 51.7 Å². The van der Waals surface area contributed by atoms with Gasteiger partial charge in [-0.3, -0.25) is 14.7 Å². The monoisotopic (exact) mass is 516 g/mol. The number of amides is 1. The first-order valence-electron chi connectivity index (χ1n) is 12.0. The molecule has 6 nitrogen and oxygen atoms in total. The molecular formula is C26H31F3N4O2Si. The van der Waals surface area contributed by atoms with Crippen LogP contribution in [-0.4, -0.2) is 41.9 Å². The van der Waals surface area contributed by atoms with E-state index in [1.165, 1.54) is 12.1 Å². The average molecular weight is 517 g/mol. The van der Waals surface area contributed by atoms with Crippen molar-refractivity contribution in [3.8, 4) is 11.3 Å². The fourth-order valence-corrected chi connectivity index (χ4v) is 4.97. The molecule has 0 aliphatic carbocycles.